The molecule has 178 valence electrons. The van der Waals surface area contributed by atoms with Crippen LogP contribution in [-0.4, -0.2) is 71.5 Å². The van der Waals surface area contributed by atoms with E-state index in [1.54, 1.807) is 28.0 Å². The van der Waals surface area contributed by atoms with E-state index >= 15 is 0 Å². The molecule has 2 aromatic carbocycles. The third kappa shape index (κ3) is 4.50. The minimum Gasteiger partial charge on any atom is -0.490 e. The first-order valence-electron chi connectivity index (χ1n) is 10.5. The summed E-state index contributed by atoms with van der Waals surface area (Å²) in [7, 11) is -2.71. The van der Waals surface area contributed by atoms with Crippen LogP contribution in [-0.2, 0) is 14.8 Å². The summed E-state index contributed by atoms with van der Waals surface area (Å²) in [6.45, 7) is 0.491. The molecule has 0 N–H and O–H groups in total. The second-order valence-corrected chi connectivity index (χ2v) is 9.56. The number of hydrogen-bond acceptors (Lipinski definition) is 7. The van der Waals surface area contributed by atoms with Crippen molar-refractivity contribution in [3.05, 3.63) is 82.7 Å². The second-order valence-electron chi connectivity index (χ2n) is 7.62. The number of carbonyl (C=O) groups excluding carboxylic acids is 1. The molecule has 12 heteroatoms. The molecule has 34 heavy (non-hydrogen) atoms. The molecule has 0 aliphatic carbocycles. The number of aromatic nitrogens is 2. The van der Waals surface area contributed by atoms with Gasteiger partial charge in [0.15, 0.2) is 11.8 Å². The molecule has 1 aliphatic rings. The maximum absolute atomic E-state index is 13.4. The van der Waals surface area contributed by atoms with Crippen LogP contribution >= 0.6 is 0 Å². The van der Waals surface area contributed by atoms with Crippen molar-refractivity contribution in [1.29, 1.82) is 0 Å². The number of rotatable bonds is 7. The van der Waals surface area contributed by atoms with E-state index in [4.69, 9.17) is 4.74 Å². The zero-order valence-electron chi connectivity index (χ0n) is 18.4. The number of methoxy groups -OCH3 is 1. The Hall–Kier alpha value is -3.77. The number of nitro groups is 1. The maximum atomic E-state index is 13.4. The van der Waals surface area contributed by atoms with E-state index in [-0.39, 0.29) is 42.7 Å². The average molecular weight is 486 g/mol. The number of piperazine rings is 1. The first-order valence-corrected chi connectivity index (χ1v) is 11.9. The standard InChI is InChI=1S/C22H23N5O6S/c1-33-20-9-8-18(16-19(20)27(29)30)34(31,32)25-14-12-24(13-15-25)22(28)21(26-11-5-10-23-26)17-6-3-2-4-7-17/h2-11,16,21H,12-15H2,1H3. The molecule has 0 spiro atoms. The van der Waals surface area contributed by atoms with Gasteiger partial charge in [0.1, 0.15) is 0 Å². The van der Waals surface area contributed by atoms with E-state index in [9.17, 15) is 23.3 Å². The Bertz CT molecular complexity index is 1270. The minimum absolute atomic E-state index is 0.0232. The molecule has 1 aliphatic heterocycles. The minimum atomic E-state index is -3.99. The van der Waals surface area contributed by atoms with Gasteiger partial charge in [-0.3, -0.25) is 19.6 Å². The Labute approximate surface area is 196 Å². The smallest absolute Gasteiger partial charge is 0.312 e. The molecule has 1 saturated heterocycles. The highest BCUT2D eigenvalue weighted by Gasteiger charge is 2.35. The van der Waals surface area contributed by atoms with Crippen LogP contribution < -0.4 is 4.74 Å². The number of amides is 1. The van der Waals surface area contributed by atoms with Gasteiger partial charge >= 0.3 is 5.69 Å². The average Bonchev–Trinajstić information content (AvgIpc) is 3.38. The number of hydrogen-bond donors (Lipinski definition) is 0. The van der Waals surface area contributed by atoms with Gasteiger partial charge in [0.25, 0.3) is 5.91 Å². The van der Waals surface area contributed by atoms with Gasteiger partial charge in [-0.05, 0) is 23.8 Å². The number of ether oxygens (including phenoxy) is 1. The van der Waals surface area contributed by atoms with Crippen molar-refractivity contribution in [3.8, 4) is 5.75 Å². The molecule has 2 heterocycles. The summed E-state index contributed by atoms with van der Waals surface area (Å²) < 4.78 is 34.0. The Morgan fingerprint density at radius 1 is 1.09 bits per heavy atom. The van der Waals surface area contributed by atoms with Crippen LogP contribution in [0.15, 0.2) is 71.9 Å². The Kier molecular flexibility index (Phi) is 6.61. The highest BCUT2D eigenvalue weighted by atomic mass is 32.2. The van der Waals surface area contributed by atoms with Gasteiger partial charge in [-0.15, -0.1) is 0 Å². The highest BCUT2D eigenvalue weighted by Crippen LogP contribution is 2.31. The molecule has 1 amide bonds. The van der Waals surface area contributed by atoms with E-state index in [1.165, 1.54) is 23.5 Å². The van der Waals surface area contributed by atoms with E-state index in [2.05, 4.69) is 5.10 Å². The highest BCUT2D eigenvalue weighted by molar-refractivity contribution is 7.89. The normalized spacial score (nSPS) is 15.6. The third-order valence-corrected chi connectivity index (χ3v) is 7.57. The fraction of sp³-hybridized carbons (Fsp3) is 0.273. The van der Waals surface area contributed by atoms with Gasteiger partial charge < -0.3 is 9.64 Å². The van der Waals surface area contributed by atoms with Gasteiger partial charge in [-0.2, -0.15) is 9.40 Å². The molecule has 1 aromatic heterocycles. The number of nitro benzene ring substituents is 1. The van der Waals surface area contributed by atoms with Crippen LogP contribution in [0.25, 0.3) is 0 Å². The van der Waals surface area contributed by atoms with Crippen LogP contribution in [0.1, 0.15) is 11.6 Å². The predicted molar refractivity (Wildman–Crippen MR) is 122 cm³/mol. The van der Waals surface area contributed by atoms with Crippen LogP contribution in [0.5, 0.6) is 5.75 Å². The van der Waals surface area contributed by atoms with E-state index in [0.29, 0.717) is 0 Å². The fourth-order valence-electron chi connectivity index (χ4n) is 3.92. The van der Waals surface area contributed by atoms with E-state index < -0.39 is 26.7 Å². The van der Waals surface area contributed by atoms with Gasteiger partial charge in [0.2, 0.25) is 10.0 Å². The van der Waals surface area contributed by atoms with Crippen molar-refractivity contribution in [3.63, 3.8) is 0 Å². The maximum Gasteiger partial charge on any atom is 0.312 e. The van der Waals surface area contributed by atoms with Crippen molar-refractivity contribution in [1.82, 2.24) is 19.0 Å². The monoisotopic (exact) mass is 485 g/mol. The molecule has 3 aromatic rings. The van der Waals surface area contributed by atoms with Crippen molar-refractivity contribution in [2.45, 2.75) is 10.9 Å². The lowest BCUT2D eigenvalue weighted by Gasteiger charge is -2.35. The molecular formula is C22H23N5O6S. The van der Waals surface area contributed by atoms with Crippen LogP contribution in [0.4, 0.5) is 5.69 Å². The lowest BCUT2D eigenvalue weighted by molar-refractivity contribution is -0.386. The molecule has 1 unspecified atom stereocenters. The number of sulfonamides is 1. The van der Waals surface area contributed by atoms with Crippen molar-refractivity contribution >= 4 is 21.6 Å². The zero-order valence-corrected chi connectivity index (χ0v) is 19.2. The van der Waals surface area contributed by atoms with Crippen molar-refractivity contribution in [2.75, 3.05) is 33.3 Å². The Balaban J connectivity index is 1.52. The summed E-state index contributed by atoms with van der Waals surface area (Å²) in [5, 5.41) is 15.5. The van der Waals surface area contributed by atoms with Gasteiger partial charge in [0, 0.05) is 44.6 Å². The predicted octanol–water partition coefficient (Wildman–Crippen LogP) is 1.92. The fourth-order valence-corrected chi connectivity index (χ4v) is 5.36. The third-order valence-electron chi connectivity index (χ3n) is 5.67. The molecule has 1 fully saturated rings. The van der Waals surface area contributed by atoms with E-state index in [1.807, 2.05) is 30.3 Å². The summed E-state index contributed by atoms with van der Waals surface area (Å²) >= 11 is 0. The summed E-state index contributed by atoms with van der Waals surface area (Å²) in [5.74, 6) is -0.211. The molecule has 4 rings (SSSR count). The van der Waals surface area contributed by atoms with Gasteiger partial charge in [-0.25, -0.2) is 8.42 Å². The number of carbonyl (C=O) groups is 1. The van der Waals surface area contributed by atoms with E-state index in [0.717, 1.165) is 11.6 Å². The topological polar surface area (TPSA) is 128 Å². The molecule has 1 atom stereocenters. The molecule has 0 saturated carbocycles. The lowest BCUT2D eigenvalue weighted by Crippen LogP contribution is -2.52. The molecular weight excluding hydrogens is 462 g/mol. The number of nitrogens with zero attached hydrogens (tertiary/aromatic N) is 5. The molecule has 0 radical (unpaired) electrons. The lowest BCUT2D eigenvalue weighted by atomic mass is 10.1. The summed E-state index contributed by atoms with van der Waals surface area (Å²) in [5.41, 5.74) is 0.346. The van der Waals surface area contributed by atoms with Crippen molar-refractivity contribution in [2.24, 2.45) is 0 Å². The summed E-state index contributed by atoms with van der Waals surface area (Å²) in [6, 6.07) is 13.9. The van der Waals surface area contributed by atoms with Crippen molar-refractivity contribution < 1.29 is 22.9 Å². The van der Waals surface area contributed by atoms with Gasteiger partial charge in [-0.1, -0.05) is 30.3 Å². The Morgan fingerprint density at radius 3 is 2.38 bits per heavy atom. The second kappa shape index (κ2) is 9.61. The largest absolute Gasteiger partial charge is 0.490 e. The Morgan fingerprint density at radius 2 is 1.79 bits per heavy atom. The van der Waals surface area contributed by atoms with Crippen LogP contribution in [0.2, 0.25) is 0 Å². The molecule has 11 nitrogen and oxygen atoms in total. The SMILES string of the molecule is COc1ccc(S(=O)(=O)N2CCN(C(=O)C(c3ccccc3)n3cccn3)CC2)cc1[N+](=O)[O-]. The first kappa shape index (κ1) is 23.4. The van der Waals surface area contributed by atoms with Crippen LogP contribution in [0.3, 0.4) is 0 Å². The van der Waals surface area contributed by atoms with Gasteiger partial charge in [0.05, 0.1) is 16.9 Å². The van der Waals surface area contributed by atoms with Crippen LogP contribution in [0, 0.1) is 10.1 Å². The molecule has 0 bridgehead atoms. The summed E-state index contributed by atoms with van der Waals surface area (Å²) in [4.78, 5) is 25.5. The number of benzene rings is 2. The zero-order chi connectivity index (χ0) is 24.3. The quantitative estimate of drug-likeness (QED) is 0.369. The first-order chi connectivity index (χ1) is 16.3. The summed E-state index contributed by atoms with van der Waals surface area (Å²) in [6.07, 6.45) is 3.31.